The van der Waals surface area contributed by atoms with E-state index in [2.05, 4.69) is 4.98 Å². The van der Waals surface area contributed by atoms with Crippen LogP contribution in [0.15, 0.2) is 34.9 Å². The molecule has 0 saturated carbocycles. The van der Waals surface area contributed by atoms with Crippen molar-refractivity contribution < 1.29 is 8.42 Å². The fourth-order valence-corrected chi connectivity index (χ4v) is 3.49. The molecule has 18 heavy (non-hydrogen) atoms. The van der Waals surface area contributed by atoms with Gasteiger partial charge in [-0.2, -0.15) is 9.57 Å². The van der Waals surface area contributed by atoms with Crippen LogP contribution in [0.3, 0.4) is 0 Å². The first-order valence-electron chi connectivity index (χ1n) is 5.56. The van der Waals surface area contributed by atoms with Crippen LogP contribution in [0.2, 0.25) is 0 Å². The van der Waals surface area contributed by atoms with E-state index in [1.807, 2.05) is 19.1 Å². The van der Waals surface area contributed by atoms with Crippen LogP contribution >= 0.6 is 0 Å². The van der Waals surface area contributed by atoms with Gasteiger partial charge in [0.1, 0.15) is 11.0 Å². The molecule has 0 atom stereocenters. The van der Waals surface area contributed by atoms with Crippen molar-refractivity contribution in [2.24, 2.45) is 0 Å². The monoisotopic (exact) mass is 263 g/mol. The maximum absolute atomic E-state index is 12.4. The van der Waals surface area contributed by atoms with Crippen molar-refractivity contribution in [1.82, 2.24) is 9.29 Å². The zero-order chi connectivity index (χ0) is 13.2. The molecule has 1 aromatic rings. The molecule has 0 aliphatic carbocycles. The molecule has 1 aromatic heterocycles. The minimum atomic E-state index is -3.63. The zero-order valence-corrected chi connectivity index (χ0v) is 10.8. The van der Waals surface area contributed by atoms with Crippen molar-refractivity contribution in [2.45, 2.75) is 18.2 Å². The van der Waals surface area contributed by atoms with E-state index in [1.54, 1.807) is 0 Å². The molecule has 0 radical (unpaired) electrons. The molecule has 0 aromatic carbocycles. The molecule has 94 valence electrons. The Labute approximate surface area is 106 Å². The summed E-state index contributed by atoms with van der Waals surface area (Å²) in [7, 11) is -3.63. The number of pyridine rings is 1. The Morgan fingerprint density at radius 1 is 1.50 bits per heavy atom. The Morgan fingerprint density at radius 3 is 2.94 bits per heavy atom. The second kappa shape index (κ2) is 4.88. The Balaban J connectivity index is 2.43. The summed E-state index contributed by atoms with van der Waals surface area (Å²) in [6.45, 7) is 2.72. The van der Waals surface area contributed by atoms with E-state index in [0.717, 1.165) is 5.57 Å². The summed E-state index contributed by atoms with van der Waals surface area (Å²) in [5.74, 6) is 0. The van der Waals surface area contributed by atoms with Gasteiger partial charge in [0, 0.05) is 19.3 Å². The largest absolute Gasteiger partial charge is 0.246 e. The van der Waals surface area contributed by atoms with Gasteiger partial charge in [0.05, 0.1) is 0 Å². The number of rotatable bonds is 2. The van der Waals surface area contributed by atoms with E-state index in [-0.39, 0.29) is 10.6 Å². The van der Waals surface area contributed by atoms with E-state index < -0.39 is 10.0 Å². The van der Waals surface area contributed by atoms with Gasteiger partial charge in [-0.1, -0.05) is 11.6 Å². The molecule has 0 spiro atoms. The third-order valence-electron chi connectivity index (χ3n) is 2.79. The molecular formula is C12H13N3O2S. The normalized spacial score (nSPS) is 17.0. The SMILES string of the molecule is CC1=CCCN(S(=O)(=O)c2cccnc2C#N)C1. The second-order valence-corrected chi connectivity index (χ2v) is 6.05. The van der Waals surface area contributed by atoms with Gasteiger partial charge in [0.15, 0.2) is 5.69 Å². The van der Waals surface area contributed by atoms with Crippen LogP contribution in [0.5, 0.6) is 0 Å². The molecule has 0 bridgehead atoms. The molecule has 5 nitrogen and oxygen atoms in total. The molecule has 0 N–H and O–H groups in total. The Bertz CT molecular complexity index is 629. The van der Waals surface area contributed by atoms with Crippen LogP contribution < -0.4 is 0 Å². The number of nitrogens with zero attached hydrogens (tertiary/aromatic N) is 3. The van der Waals surface area contributed by atoms with Crippen molar-refractivity contribution in [1.29, 1.82) is 5.26 Å². The fraction of sp³-hybridized carbons (Fsp3) is 0.333. The minimum Gasteiger partial charge on any atom is -0.244 e. The van der Waals surface area contributed by atoms with E-state index in [0.29, 0.717) is 19.5 Å². The molecule has 0 unspecified atom stereocenters. The summed E-state index contributed by atoms with van der Waals surface area (Å²) < 4.78 is 26.2. The lowest BCUT2D eigenvalue weighted by Gasteiger charge is -2.25. The van der Waals surface area contributed by atoms with E-state index in [4.69, 9.17) is 5.26 Å². The molecule has 0 amide bonds. The summed E-state index contributed by atoms with van der Waals surface area (Å²) in [5, 5.41) is 8.93. The Morgan fingerprint density at radius 2 is 2.28 bits per heavy atom. The van der Waals surface area contributed by atoms with Crippen LogP contribution in [-0.4, -0.2) is 30.8 Å². The van der Waals surface area contributed by atoms with Gasteiger partial charge < -0.3 is 0 Å². The van der Waals surface area contributed by atoms with Crippen LogP contribution in [-0.2, 0) is 10.0 Å². The molecule has 2 rings (SSSR count). The van der Waals surface area contributed by atoms with Gasteiger partial charge in [0.25, 0.3) is 0 Å². The van der Waals surface area contributed by atoms with E-state index >= 15 is 0 Å². The zero-order valence-electron chi connectivity index (χ0n) is 10.00. The van der Waals surface area contributed by atoms with Gasteiger partial charge in [-0.25, -0.2) is 13.4 Å². The molecule has 2 heterocycles. The second-order valence-electron chi connectivity index (χ2n) is 4.14. The van der Waals surface area contributed by atoms with Gasteiger partial charge in [0.2, 0.25) is 10.0 Å². The quantitative estimate of drug-likeness (QED) is 0.754. The maximum atomic E-state index is 12.4. The van der Waals surface area contributed by atoms with Gasteiger partial charge >= 0.3 is 0 Å². The summed E-state index contributed by atoms with van der Waals surface area (Å²) in [6, 6.07) is 4.77. The molecule has 0 saturated heterocycles. The van der Waals surface area contributed by atoms with E-state index in [9.17, 15) is 8.42 Å². The third-order valence-corrected chi connectivity index (χ3v) is 4.67. The Kier molecular flexibility index (Phi) is 3.45. The van der Waals surface area contributed by atoms with Gasteiger partial charge in [-0.05, 0) is 25.5 Å². The predicted octanol–water partition coefficient (Wildman–Crippen LogP) is 1.29. The van der Waals surface area contributed by atoms with E-state index in [1.165, 1.54) is 22.6 Å². The van der Waals surface area contributed by atoms with Gasteiger partial charge in [-0.15, -0.1) is 0 Å². The highest BCUT2D eigenvalue weighted by atomic mass is 32.2. The lowest BCUT2D eigenvalue weighted by atomic mass is 10.2. The maximum Gasteiger partial charge on any atom is 0.246 e. The van der Waals surface area contributed by atoms with Crippen molar-refractivity contribution >= 4 is 10.0 Å². The average Bonchev–Trinajstić information content (AvgIpc) is 2.38. The number of hydrogen-bond donors (Lipinski definition) is 0. The summed E-state index contributed by atoms with van der Waals surface area (Å²) in [6.07, 6.45) is 4.15. The van der Waals surface area contributed by atoms with Crippen LogP contribution in [0, 0.1) is 11.3 Å². The van der Waals surface area contributed by atoms with Crippen molar-refractivity contribution in [2.75, 3.05) is 13.1 Å². The number of aromatic nitrogens is 1. The minimum absolute atomic E-state index is 0.0119. The number of hydrogen-bond acceptors (Lipinski definition) is 4. The highest BCUT2D eigenvalue weighted by molar-refractivity contribution is 7.89. The lowest BCUT2D eigenvalue weighted by Crippen LogP contribution is -2.35. The van der Waals surface area contributed by atoms with Crippen molar-refractivity contribution in [3.05, 3.63) is 35.7 Å². The van der Waals surface area contributed by atoms with Crippen LogP contribution in [0.1, 0.15) is 19.0 Å². The number of sulfonamides is 1. The summed E-state index contributed by atoms with van der Waals surface area (Å²) in [4.78, 5) is 3.78. The first-order valence-corrected chi connectivity index (χ1v) is 7.00. The standard InChI is InChI=1S/C12H13N3O2S/c1-10-4-3-7-15(9-10)18(16,17)12-5-2-6-14-11(12)8-13/h2,4-6H,3,7,9H2,1H3. The fourth-order valence-electron chi connectivity index (χ4n) is 1.90. The predicted molar refractivity (Wildman–Crippen MR) is 66.1 cm³/mol. The van der Waals surface area contributed by atoms with Crippen molar-refractivity contribution in [3.63, 3.8) is 0 Å². The summed E-state index contributed by atoms with van der Waals surface area (Å²) in [5.41, 5.74) is 0.969. The molecule has 1 aliphatic rings. The van der Waals surface area contributed by atoms with Crippen LogP contribution in [0.25, 0.3) is 0 Å². The smallest absolute Gasteiger partial charge is 0.244 e. The molecule has 0 fully saturated rings. The average molecular weight is 263 g/mol. The third kappa shape index (κ3) is 2.28. The first-order chi connectivity index (χ1) is 8.55. The highest BCUT2D eigenvalue weighted by Crippen LogP contribution is 2.21. The van der Waals surface area contributed by atoms with Crippen molar-refractivity contribution in [3.8, 4) is 6.07 Å². The number of nitriles is 1. The summed E-state index contributed by atoms with van der Waals surface area (Å²) >= 11 is 0. The molecule has 6 heteroatoms. The van der Waals surface area contributed by atoms with Gasteiger partial charge in [-0.3, -0.25) is 0 Å². The Hall–Kier alpha value is -1.71. The molecule has 1 aliphatic heterocycles. The lowest BCUT2D eigenvalue weighted by molar-refractivity contribution is 0.427. The highest BCUT2D eigenvalue weighted by Gasteiger charge is 2.28. The van der Waals surface area contributed by atoms with Crippen LogP contribution in [0.4, 0.5) is 0 Å². The molecular weight excluding hydrogens is 250 g/mol. The first kappa shape index (κ1) is 12.7. The topological polar surface area (TPSA) is 74.1 Å².